The average molecular weight is 233 g/mol. The van der Waals surface area contributed by atoms with Crippen LogP contribution < -0.4 is 11.1 Å². The van der Waals surface area contributed by atoms with E-state index in [1.165, 1.54) is 11.3 Å². The van der Waals surface area contributed by atoms with Gasteiger partial charge in [-0.15, -0.1) is 11.3 Å². The van der Waals surface area contributed by atoms with Crippen LogP contribution in [0.2, 0.25) is 0 Å². The highest BCUT2D eigenvalue weighted by molar-refractivity contribution is 7.13. The van der Waals surface area contributed by atoms with Gasteiger partial charge in [-0.05, 0) is 5.56 Å². The maximum Gasteiger partial charge on any atom is 0.247 e. The van der Waals surface area contributed by atoms with Gasteiger partial charge in [-0.25, -0.2) is 4.98 Å². The van der Waals surface area contributed by atoms with Crippen molar-refractivity contribution in [1.29, 1.82) is 0 Å². The van der Waals surface area contributed by atoms with E-state index in [-0.39, 0.29) is 5.91 Å². The molecule has 2 aromatic rings. The number of carbonyl (C=O) groups is 1. The molecule has 0 unspecified atom stereocenters. The number of rotatable bonds is 3. The van der Waals surface area contributed by atoms with Crippen molar-refractivity contribution >= 4 is 22.4 Å². The third-order valence-corrected chi connectivity index (χ3v) is 2.79. The first-order valence-corrected chi connectivity index (χ1v) is 5.66. The molecule has 2 rings (SSSR count). The Kier molecular flexibility index (Phi) is 3.28. The van der Waals surface area contributed by atoms with E-state index in [1.54, 1.807) is 11.6 Å². The number of carbonyl (C=O) groups excluding carboxylic acids is 1. The van der Waals surface area contributed by atoms with Crippen molar-refractivity contribution in [3.05, 3.63) is 47.5 Å². The van der Waals surface area contributed by atoms with Gasteiger partial charge in [-0.3, -0.25) is 4.79 Å². The van der Waals surface area contributed by atoms with E-state index in [0.29, 0.717) is 5.13 Å². The fourth-order valence-corrected chi connectivity index (χ4v) is 1.81. The molecule has 3 N–H and O–H groups in total. The minimum Gasteiger partial charge on any atom is -0.316 e. The van der Waals surface area contributed by atoms with Gasteiger partial charge < -0.3 is 11.1 Å². The number of nitrogens with one attached hydrogen (secondary N) is 1. The van der Waals surface area contributed by atoms with Crippen molar-refractivity contribution in [2.24, 2.45) is 5.73 Å². The Morgan fingerprint density at radius 1 is 1.38 bits per heavy atom. The lowest BCUT2D eigenvalue weighted by molar-refractivity contribution is -0.117. The minimum atomic E-state index is -0.662. The summed E-state index contributed by atoms with van der Waals surface area (Å²) in [6.45, 7) is 0. The van der Waals surface area contributed by atoms with Gasteiger partial charge in [0.1, 0.15) is 6.04 Å². The van der Waals surface area contributed by atoms with E-state index < -0.39 is 6.04 Å². The molecule has 16 heavy (non-hydrogen) atoms. The second-order valence-corrected chi connectivity index (χ2v) is 4.11. The van der Waals surface area contributed by atoms with Crippen LogP contribution in [-0.2, 0) is 4.79 Å². The van der Waals surface area contributed by atoms with E-state index in [2.05, 4.69) is 10.3 Å². The van der Waals surface area contributed by atoms with Crippen LogP contribution in [0.5, 0.6) is 0 Å². The molecule has 0 saturated carbocycles. The maximum atomic E-state index is 11.7. The number of nitrogens with two attached hydrogens (primary N) is 1. The Labute approximate surface area is 97.1 Å². The Balaban J connectivity index is 2.05. The van der Waals surface area contributed by atoms with Gasteiger partial charge in [-0.2, -0.15) is 0 Å². The van der Waals surface area contributed by atoms with Crippen LogP contribution in [0.25, 0.3) is 0 Å². The van der Waals surface area contributed by atoms with E-state index in [4.69, 9.17) is 5.73 Å². The monoisotopic (exact) mass is 233 g/mol. The Morgan fingerprint density at radius 3 is 2.75 bits per heavy atom. The summed E-state index contributed by atoms with van der Waals surface area (Å²) in [6.07, 6.45) is 1.63. The molecule has 82 valence electrons. The summed E-state index contributed by atoms with van der Waals surface area (Å²) >= 11 is 1.37. The Hall–Kier alpha value is -1.72. The zero-order valence-electron chi connectivity index (χ0n) is 8.46. The van der Waals surface area contributed by atoms with E-state index in [0.717, 1.165) is 5.56 Å². The van der Waals surface area contributed by atoms with Gasteiger partial charge in [0.15, 0.2) is 5.13 Å². The lowest BCUT2D eigenvalue weighted by Gasteiger charge is -2.10. The van der Waals surface area contributed by atoms with Gasteiger partial charge in [-0.1, -0.05) is 30.3 Å². The molecular weight excluding hydrogens is 222 g/mol. The normalized spacial score (nSPS) is 12.1. The van der Waals surface area contributed by atoms with Crippen molar-refractivity contribution in [2.45, 2.75) is 6.04 Å². The number of anilines is 1. The van der Waals surface area contributed by atoms with Crippen LogP contribution in [0.3, 0.4) is 0 Å². The van der Waals surface area contributed by atoms with E-state index >= 15 is 0 Å². The van der Waals surface area contributed by atoms with Crippen molar-refractivity contribution < 1.29 is 4.79 Å². The topological polar surface area (TPSA) is 68.0 Å². The molecule has 1 aromatic heterocycles. The molecule has 0 fully saturated rings. The first kappa shape index (κ1) is 10.8. The first-order valence-electron chi connectivity index (χ1n) is 4.78. The van der Waals surface area contributed by atoms with Crippen molar-refractivity contribution in [1.82, 2.24) is 4.98 Å². The zero-order chi connectivity index (χ0) is 11.4. The number of hydrogen-bond acceptors (Lipinski definition) is 4. The lowest BCUT2D eigenvalue weighted by atomic mass is 10.1. The standard InChI is InChI=1S/C11H11N3OS/c12-9(8-4-2-1-3-5-8)10(15)14-11-13-6-7-16-11/h1-7,9H,12H2,(H,13,14,15)/t9-/m1/s1. The summed E-state index contributed by atoms with van der Waals surface area (Å²) in [6, 6.07) is 8.58. The highest BCUT2D eigenvalue weighted by atomic mass is 32.1. The predicted molar refractivity (Wildman–Crippen MR) is 64.1 cm³/mol. The molecule has 0 spiro atoms. The van der Waals surface area contributed by atoms with Gasteiger partial charge >= 0.3 is 0 Å². The smallest absolute Gasteiger partial charge is 0.247 e. The van der Waals surface area contributed by atoms with Crippen LogP contribution in [0.15, 0.2) is 41.9 Å². The lowest BCUT2D eigenvalue weighted by Crippen LogP contribution is -2.27. The maximum absolute atomic E-state index is 11.7. The molecule has 1 aromatic carbocycles. The molecule has 1 atom stereocenters. The molecule has 1 heterocycles. The summed E-state index contributed by atoms with van der Waals surface area (Å²) in [5.74, 6) is -0.249. The molecule has 0 aliphatic rings. The molecule has 0 aliphatic carbocycles. The van der Waals surface area contributed by atoms with Crippen molar-refractivity contribution in [3.8, 4) is 0 Å². The first-order chi connectivity index (χ1) is 7.77. The summed E-state index contributed by atoms with van der Waals surface area (Å²) in [7, 11) is 0. The minimum absolute atomic E-state index is 0.249. The van der Waals surface area contributed by atoms with Gasteiger partial charge in [0.2, 0.25) is 5.91 Å². The molecule has 0 aliphatic heterocycles. The van der Waals surface area contributed by atoms with E-state index in [1.807, 2.05) is 30.3 Å². The van der Waals surface area contributed by atoms with Gasteiger partial charge in [0.25, 0.3) is 0 Å². The van der Waals surface area contributed by atoms with Crippen LogP contribution in [0, 0.1) is 0 Å². The number of amides is 1. The highest BCUT2D eigenvalue weighted by Crippen LogP contribution is 2.15. The van der Waals surface area contributed by atoms with Crippen molar-refractivity contribution in [3.63, 3.8) is 0 Å². The van der Waals surface area contributed by atoms with Crippen molar-refractivity contribution in [2.75, 3.05) is 5.32 Å². The number of thiazole rings is 1. The second-order valence-electron chi connectivity index (χ2n) is 3.21. The third kappa shape index (κ3) is 2.44. The van der Waals surface area contributed by atoms with Gasteiger partial charge in [0.05, 0.1) is 0 Å². The second kappa shape index (κ2) is 4.87. The molecule has 0 bridgehead atoms. The largest absolute Gasteiger partial charge is 0.316 e. The number of aromatic nitrogens is 1. The van der Waals surface area contributed by atoms with Crippen LogP contribution in [-0.4, -0.2) is 10.9 Å². The quantitative estimate of drug-likeness (QED) is 0.849. The van der Waals surface area contributed by atoms with Crippen LogP contribution in [0.1, 0.15) is 11.6 Å². The summed E-state index contributed by atoms with van der Waals surface area (Å²) in [4.78, 5) is 15.7. The predicted octanol–water partition coefficient (Wildman–Crippen LogP) is 1.78. The molecule has 0 saturated heterocycles. The molecule has 5 heteroatoms. The van der Waals surface area contributed by atoms with Gasteiger partial charge in [0, 0.05) is 11.6 Å². The summed E-state index contributed by atoms with van der Waals surface area (Å²) in [5.41, 5.74) is 6.61. The van der Waals surface area contributed by atoms with E-state index in [9.17, 15) is 4.79 Å². The fourth-order valence-electron chi connectivity index (χ4n) is 1.28. The summed E-state index contributed by atoms with van der Waals surface area (Å²) < 4.78 is 0. The molecule has 1 amide bonds. The zero-order valence-corrected chi connectivity index (χ0v) is 9.28. The Bertz CT molecular complexity index is 455. The molecule has 0 radical (unpaired) electrons. The van der Waals surface area contributed by atoms with Crippen LogP contribution in [0.4, 0.5) is 5.13 Å². The number of hydrogen-bond donors (Lipinski definition) is 2. The fraction of sp³-hybridized carbons (Fsp3) is 0.0909. The Morgan fingerprint density at radius 2 is 2.12 bits per heavy atom. The number of benzene rings is 1. The molecular formula is C11H11N3OS. The third-order valence-electron chi connectivity index (χ3n) is 2.10. The SMILES string of the molecule is N[C@@H](C(=O)Nc1nccs1)c1ccccc1. The van der Waals surface area contributed by atoms with Crippen LogP contribution >= 0.6 is 11.3 Å². The number of nitrogens with zero attached hydrogens (tertiary/aromatic N) is 1. The average Bonchev–Trinajstić information content (AvgIpc) is 2.82. The molecule has 4 nitrogen and oxygen atoms in total. The summed E-state index contributed by atoms with van der Waals surface area (Å²) in [5, 5.41) is 5.03. The highest BCUT2D eigenvalue weighted by Gasteiger charge is 2.15.